The van der Waals surface area contributed by atoms with Crippen molar-refractivity contribution in [3.05, 3.63) is 4.77 Å². The average Bonchev–Trinajstić information content (AvgIpc) is 2.69. The van der Waals surface area contributed by atoms with E-state index in [1.165, 1.54) is 0 Å². The molecule has 2 rings (SSSR count). The molecule has 1 N–H and O–H groups in total. The summed E-state index contributed by atoms with van der Waals surface area (Å²) in [4.78, 5) is 1.66. The van der Waals surface area contributed by atoms with Gasteiger partial charge in [0.25, 0.3) is 0 Å². The molecule has 0 saturated carbocycles. The van der Waals surface area contributed by atoms with E-state index >= 15 is 0 Å². The van der Waals surface area contributed by atoms with Crippen LogP contribution in [0.15, 0.2) is 0 Å². The Balaban J connectivity index is 2.21. The van der Waals surface area contributed by atoms with Crippen molar-refractivity contribution in [2.24, 2.45) is 5.92 Å². The molecule has 8 heteroatoms. The van der Waals surface area contributed by atoms with Gasteiger partial charge in [0.1, 0.15) is 0 Å². The zero-order valence-corrected chi connectivity index (χ0v) is 10.8. The van der Waals surface area contributed by atoms with Gasteiger partial charge in [0.2, 0.25) is 5.95 Å². The Labute approximate surface area is 108 Å². The number of nitrogens with zero attached hydrogens (tertiary/aromatic N) is 3. The fourth-order valence-electron chi connectivity index (χ4n) is 2.26. The highest BCUT2D eigenvalue weighted by molar-refractivity contribution is 7.71. The van der Waals surface area contributed by atoms with Gasteiger partial charge in [0.05, 0.1) is 5.92 Å². The Morgan fingerprint density at radius 3 is 2.83 bits per heavy atom. The van der Waals surface area contributed by atoms with Crippen LogP contribution in [0.4, 0.5) is 19.1 Å². The highest BCUT2D eigenvalue weighted by Crippen LogP contribution is 2.34. The summed E-state index contributed by atoms with van der Waals surface area (Å²) >= 11 is 5.04. The van der Waals surface area contributed by atoms with Crippen LogP contribution in [0.1, 0.15) is 19.8 Å². The van der Waals surface area contributed by atoms with E-state index in [0.29, 0.717) is 30.2 Å². The Morgan fingerprint density at radius 2 is 2.22 bits per heavy atom. The molecule has 0 amide bonds. The Kier molecular flexibility index (Phi) is 3.65. The van der Waals surface area contributed by atoms with Crippen molar-refractivity contribution in [3.8, 4) is 0 Å². The topological polar surface area (TPSA) is 36.9 Å². The van der Waals surface area contributed by atoms with E-state index in [1.54, 1.807) is 9.47 Å². The minimum atomic E-state index is -4.14. The Morgan fingerprint density at radius 1 is 1.50 bits per heavy atom. The molecule has 0 radical (unpaired) electrons. The maximum Gasteiger partial charge on any atom is 0.393 e. The largest absolute Gasteiger partial charge is 0.393 e. The van der Waals surface area contributed by atoms with Crippen LogP contribution < -0.4 is 4.90 Å². The molecule has 1 aliphatic heterocycles. The smallest absolute Gasteiger partial charge is 0.340 e. The van der Waals surface area contributed by atoms with E-state index in [2.05, 4.69) is 10.2 Å². The van der Waals surface area contributed by atoms with E-state index in [4.69, 9.17) is 12.2 Å². The van der Waals surface area contributed by atoms with E-state index < -0.39 is 12.1 Å². The minimum absolute atomic E-state index is 0.0386. The quantitative estimate of drug-likeness (QED) is 0.846. The molecule has 0 aliphatic carbocycles. The molecule has 1 unspecified atom stereocenters. The predicted molar refractivity (Wildman–Crippen MR) is 64.1 cm³/mol. The summed E-state index contributed by atoms with van der Waals surface area (Å²) in [5.41, 5.74) is 0. The number of nitrogens with one attached hydrogen (secondary N) is 1. The molecule has 2 heterocycles. The molecule has 1 aromatic rings. The van der Waals surface area contributed by atoms with E-state index in [-0.39, 0.29) is 13.0 Å². The summed E-state index contributed by atoms with van der Waals surface area (Å²) in [5.74, 6) is -0.765. The van der Waals surface area contributed by atoms with E-state index in [9.17, 15) is 13.2 Å². The molecule has 102 valence electrons. The van der Waals surface area contributed by atoms with Crippen molar-refractivity contribution in [2.75, 3.05) is 18.0 Å². The fraction of sp³-hybridized carbons (Fsp3) is 0.800. The van der Waals surface area contributed by atoms with E-state index in [0.717, 1.165) is 0 Å². The van der Waals surface area contributed by atoms with Crippen LogP contribution in [0.3, 0.4) is 0 Å². The van der Waals surface area contributed by atoms with Crippen molar-refractivity contribution in [1.29, 1.82) is 0 Å². The zero-order chi connectivity index (χ0) is 13.3. The monoisotopic (exact) mass is 280 g/mol. The predicted octanol–water partition coefficient (Wildman–Crippen LogP) is 2.74. The number of piperidine rings is 1. The van der Waals surface area contributed by atoms with Crippen molar-refractivity contribution >= 4 is 18.2 Å². The van der Waals surface area contributed by atoms with Gasteiger partial charge in [-0.15, -0.1) is 5.10 Å². The van der Waals surface area contributed by atoms with Gasteiger partial charge in [0, 0.05) is 19.6 Å². The van der Waals surface area contributed by atoms with Crippen LogP contribution in [-0.2, 0) is 6.54 Å². The molecule has 18 heavy (non-hydrogen) atoms. The van der Waals surface area contributed by atoms with Crippen LogP contribution in [0.2, 0.25) is 0 Å². The van der Waals surface area contributed by atoms with Crippen molar-refractivity contribution in [3.63, 3.8) is 0 Å². The molecule has 1 aromatic heterocycles. The van der Waals surface area contributed by atoms with Crippen LogP contribution in [0.5, 0.6) is 0 Å². The van der Waals surface area contributed by atoms with Crippen LogP contribution in [-0.4, -0.2) is 34.0 Å². The summed E-state index contributed by atoms with van der Waals surface area (Å²) in [6.07, 6.45) is -3.42. The minimum Gasteiger partial charge on any atom is -0.340 e. The third kappa shape index (κ3) is 2.52. The Bertz CT molecular complexity index is 464. The number of H-pyrrole nitrogens is 1. The first-order chi connectivity index (χ1) is 8.43. The van der Waals surface area contributed by atoms with Crippen molar-refractivity contribution < 1.29 is 13.2 Å². The summed E-state index contributed by atoms with van der Waals surface area (Å²) in [5, 5.41) is 6.66. The van der Waals surface area contributed by atoms with E-state index in [1.807, 2.05) is 6.92 Å². The van der Waals surface area contributed by atoms with Crippen molar-refractivity contribution in [2.45, 2.75) is 32.5 Å². The summed E-state index contributed by atoms with van der Waals surface area (Å²) in [6, 6.07) is 0. The first-order valence-corrected chi connectivity index (χ1v) is 6.31. The van der Waals surface area contributed by atoms with Gasteiger partial charge in [-0.05, 0) is 32.0 Å². The first kappa shape index (κ1) is 13.4. The number of aromatic amines is 1. The van der Waals surface area contributed by atoms with Gasteiger partial charge in [-0.25, -0.2) is 5.10 Å². The van der Waals surface area contributed by atoms with Gasteiger partial charge < -0.3 is 4.90 Å². The highest BCUT2D eigenvalue weighted by atomic mass is 32.1. The summed E-state index contributed by atoms with van der Waals surface area (Å²) in [6.45, 7) is 3.03. The third-order valence-corrected chi connectivity index (χ3v) is 3.53. The standard InChI is InChI=1S/C10H15F3N4S/c1-2-17-8(14-15-9(17)18)16-5-3-4-7(6-16)10(11,12)13/h7H,2-6H2,1H3,(H,15,18). The number of halogens is 3. The average molecular weight is 280 g/mol. The molecular formula is C10H15F3N4S. The maximum atomic E-state index is 12.7. The van der Waals surface area contributed by atoms with Crippen LogP contribution in [0.25, 0.3) is 0 Å². The van der Waals surface area contributed by atoms with Gasteiger partial charge in [-0.3, -0.25) is 4.57 Å². The second kappa shape index (κ2) is 4.91. The number of hydrogen-bond acceptors (Lipinski definition) is 3. The second-order valence-corrected chi connectivity index (χ2v) is 4.79. The van der Waals surface area contributed by atoms with Crippen LogP contribution in [0, 0.1) is 10.7 Å². The molecule has 0 spiro atoms. The van der Waals surface area contributed by atoms with Gasteiger partial charge in [-0.2, -0.15) is 13.2 Å². The van der Waals surface area contributed by atoms with Gasteiger partial charge in [-0.1, -0.05) is 0 Å². The lowest BCUT2D eigenvalue weighted by atomic mass is 9.98. The molecule has 0 bridgehead atoms. The zero-order valence-electron chi connectivity index (χ0n) is 10.00. The SMILES string of the molecule is CCn1c(N2CCCC(C(F)(F)F)C2)n[nH]c1=S. The molecule has 1 atom stereocenters. The van der Waals surface area contributed by atoms with Gasteiger partial charge >= 0.3 is 6.18 Å². The number of aromatic nitrogens is 3. The Hall–Kier alpha value is -1.05. The molecule has 1 aliphatic rings. The fourth-order valence-corrected chi connectivity index (χ4v) is 2.52. The first-order valence-electron chi connectivity index (χ1n) is 5.90. The number of alkyl halides is 3. The van der Waals surface area contributed by atoms with Crippen molar-refractivity contribution in [1.82, 2.24) is 14.8 Å². The number of anilines is 1. The lowest BCUT2D eigenvalue weighted by Crippen LogP contribution is -2.42. The molecular weight excluding hydrogens is 265 g/mol. The highest BCUT2D eigenvalue weighted by Gasteiger charge is 2.42. The van der Waals surface area contributed by atoms with Gasteiger partial charge in [0.15, 0.2) is 4.77 Å². The maximum absolute atomic E-state index is 12.7. The molecule has 1 fully saturated rings. The second-order valence-electron chi connectivity index (χ2n) is 4.40. The third-order valence-electron chi connectivity index (χ3n) is 3.22. The normalized spacial score (nSPS) is 21.3. The number of rotatable bonds is 2. The molecule has 0 aromatic carbocycles. The molecule has 4 nitrogen and oxygen atoms in total. The summed E-state index contributed by atoms with van der Waals surface area (Å²) in [7, 11) is 0. The molecule has 1 saturated heterocycles. The number of hydrogen-bond donors (Lipinski definition) is 1. The summed E-state index contributed by atoms with van der Waals surface area (Å²) < 4.78 is 40.4. The lowest BCUT2D eigenvalue weighted by molar-refractivity contribution is -0.176. The van der Waals surface area contributed by atoms with Crippen LogP contribution >= 0.6 is 12.2 Å². The lowest BCUT2D eigenvalue weighted by Gasteiger charge is -2.34.